The Hall–Kier alpha value is -0.970. The largest absolute Gasteiger partial charge is 0.322 e. The Labute approximate surface area is 97.1 Å². The van der Waals surface area contributed by atoms with Crippen LogP contribution < -0.4 is 5.43 Å². The van der Waals surface area contributed by atoms with E-state index in [0.29, 0.717) is 0 Å². The molecule has 0 spiro atoms. The van der Waals surface area contributed by atoms with Crippen LogP contribution in [0.1, 0.15) is 5.56 Å². The molecule has 2 nitrogen and oxygen atoms in total. The van der Waals surface area contributed by atoms with Gasteiger partial charge in [0.05, 0.1) is 6.54 Å². The van der Waals surface area contributed by atoms with Crippen LogP contribution in [0.2, 0.25) is 0 Å². The summed E-state index contributed by atoms with van der Waals surface area (Å²) in [7, 11) is 0. The zero-order valence-corrected chi connectivity index (χ0v) is 9.81. The summed E-state index contributed by atoms with van der Waals surface area (Å²) in [6.45, 7) is 0.853. The van der Waals surface area contributed by atoms with Crippen molar-refractivity contribution in [3.8, 4) is 0 Å². The summed E-state index contributed by atoms with van der Waals surface area (Å²) in [5.41, 5.74) is 4.58. The van der Waals surface area contributed by atoms with Crippen LogP contribution >= 0.6 is 22.6 Å². The molecule has 0 saturated heterocycles. The fourth-order valence-electron chi connectivity index (χ4n) is 1.27. The van der Waals surface area contributed by atoms with E-state index in [2.05, 4.69) is 52.3 Å². The number of hydrogen-bond donors (Lipinski definition) is 1. The monoisotopic (exact) mass is 298 g/mol. The van der Waals surface area contributed by atoms with Gasteiger partial charge < -0.3 is 5.43 Å². The first-order valence-corrected chi connectivity index (χ1v) is 5.54. The Morgan fingerprint density at radius 2 is 1.93 bits per heavy atom. The minimum absolute atomic E-state index is 0.853. The third-order valence-electron chi connectivity index (χ3n) is 1.96. The lowest BCUT2D eigenvalue weighted by Gasteiger charge is -2.07. The standard InChI is InChI=1S/C11H11IN2/c12-11-5-3-4-10(8-11)9-13-14-6-1-2-7-14/h1-8,13H,9H2. The summed E-state index contributed by atoms with van der Waals surface area (Å²) in [4.78, 5) is 0. The lowest BCUT2D eigenvalue weighted by molar-refractivity contribution is 0.847. The number of rotatable bonds is 3. The molecule has 2 aromatic rings. The van der Waals surface area contributed by atoms with Crippen LogP contribution in [0, 0.1) is 3.57 Å². The van der Waals surface area contributed by atoms with Gasteiger partial charge in [0.1, 0.15) is 0 Å². The molecule has 0 saturated carbocycles. The molecule has 14 heavy (non-hydrogen) atoms. The molecule has 0 bridgehead atoms. The van der Waals surface area contributed by atoms with E-state index in [1.807, 2.05) is 29.2 Å². The number of hydrogen-bond acceptors (Lipinski definition) is 1. The van der Waals surface area contributed by atoms with Crippen molar-refractivity contribution in [2.45, 2.75) is 6.54 Å². The molecule has 0 unspecified atom stereocenters. The van der Waals surface area contributed by atoms with Crippen molar-refractivity contribution >= 4 is 22.6 Å². The summed E-state index contributed by atoms with van der Waals surface area (Å²) in [6.07, 6.45) is 3.99. The van der Waals surface area contributed by atoms with E-state index < -0.39 is 0 Å². The highest BCUT2D eigenvalue weighted by Crippen LogP contribution is 2.07. The predicted molar refractivity (Wildman–Crippen MR) is 66.7 cm³/mol. The quantitative estimate of drug-likeness (QED) is 0.862. The fourth-order valence-corrected chi connectivity index (χ4v) is 1.88. The van der Waals surface area contributed by atoms with Crippen molar-refractivity contribution < 1.29 is 0 Å². The van der Waals surface area contributed by atoms with Gasteiger partial charge >= 0.3 is 0 Å². The van der Waals surface area contributed by atoms with Crippen LogP contribution in [-0.4, -0.2) is 4.68 Å². The topological polar surface area (TPSA) is 17.0 Å². The highest BCUT2D eigenvalue weighted by molar-refractivity contribution is 14.1. The number of halogens is 1. The number of nitrogens with one attached hydrogen (secondary N) is 1. The van der Waals surface area contributed by atoms with Crippen molar-refractivity contribution in [2.75, 3.05) is 5.43 Å². The van der Waals surface area contributed by atoms with Gasteiger partial charge in [-0.25, -0.2) is 0 Å². The van der Waals surface area contributed by atoms with Gasteiger partial charge in [-0.3, -0.25) is 4.68 Å². The molecular formula is C11H11IN2. The van der Waals surface area contributed by atoms with Gasteiger partial charge in [-0.1, -0.05) is 12.1 Å². The SMILES string of the molecule is Ic1cccc(CNn2cccc2)c1. The van der Waals surface area contributed by atoms with E-state index in [4.69, 9.17) is 0 Å². The van der Waals surface area contributed by atoms with Gasteiger partial charge in [0.25, 0.3) is 0 Å². The molecule has 0 aliphatic heterocycles. The van der Waals surface area contributed by atoms with Crippen LogP contribution in [-0.2, 0) is 6.54 Å². The third kappa shape index (κ3) is 2.51. The minimum Gasteiger partial charge on any atom is -0.322 e. The summed E-state index contributed by atoms with van der Waals surface area (Å²) in [5.74, 6) is 0. The number of nitrogens with zero attached hydrogens (tertiary/aromatic N) is 1. The number of aromatic nitrogens is 1. The summed E-state index contributed by atoms with van der Waals surface area (Å²) < 4.78 is 3.23. The van der Waals surface area contributed by atoms with Crippen LogP contribution in [0.15, 0.2) is 48.8 Å². The summed E-state index contributed by atoms with van der Waals surface area (Å²) in [6, 6.07) is 12.5. The normalized spacial score (nSPS) is 10.1. The van der Waals surface area contributed by atoms with Gasteiger partial charge in [-0.05, 0) is 52.4 Å². The summed E-state index contributed by atoms with van der Waals surface area (Å²) >= 11 is 2.32. The third-order valence-corrected chi connectivity index (χ3v) is 2.63. The van der Waals surface area contributed by atoms with Gasteiger partial charge in [-0.15, -0.1) is 0 Å². The van der Waals surface area contributed by atoms with E-state index in [1.54, 1.807) is 0 Å². The van der Waals surface area contributed by atoms with E-state index in [9.17, 15) is 0 Å². The highest BCUT2D eigenvalue weighted by Gasteiger charge is 1.92. The van der Waals surface area contributed by atoms with Crippen molar-refractivity contribution in [3.63, 3.8) is 0 Å². The second kappa shape index (κ2) is 4.50. The van der Waals surface area contributed by atoms with Crippen molar-refractivity contribution in [3.05, 3.63) is 57.9 Å². The predicted octanol–water partition coefficient (Wildman–Crippen LogP) is 2.84. The molecule has 1 aromatic heterocycles. The molecule has 0 amide bonds. The van der Waals surface area contributed by atoms with Crippen molar-refractivity contribution in [2.24, 2.45) is 0 Å². The Bertz CT molecular complexity index is 395. The average molecular weight is 298 g/mol. The van der Waals surface area contributed by atoms with E-state index in [0.717, 1.165) is 6.54 Å². The molecule has 0 aliphatic rings. The molecule has 0 atom stereocenters. The zero-order valence-electron chi connectivity index (χ0n) is 7.65. The molecule has 1 heterocycles. The van der Waals surface area contributed by atoms with Crippen LogP contribution in [0.4, 0.5) is 0 Å². The Kier molecular flexibility index (Phi) is 3.08. The molecule has 3 heteroatoms. The number of benzene rings is 1. The molecule has 1 N–H and O–H groups in total. The lowest BCUT2D eigenvalue weighted by Crippen LogP contribution is -2.11. The summed E-state index contributed by atoms with van der Waals surface area (Å²) in [5, 5.41) is 0. The molecule has 1 aromatic carbocycles. The van der Waals surface area contributed by atoms with E-state index >= 15 is 0 Å². The molecule has 72 valence electrons. The maximum Gasteiger partial charge on any atom is 0.0564 e. The van der Waals surface area contributed by atoms with Crippen molar-refractivity contribution in [1.82, 2.24) is 4.68 Å². The molecule has 0 radical (unpaired) electrons. The van der Waals surface area contributed by atoms with Crippen LogP contribution in [0.5, 0.6) is 0 Å². The fraction of sp³-hybridized carbons (Fsp3) is 0.0909. The Morgan fingerprint density at radius 3 is 2.64 bits per heavy atom. The van der Waals surface area contributed by atoms with E-state index in [-0.39, 0.29) is 0 Å². The van der Waals surface area contributed by atoms with Gasteiger partial charge in [-0.2, -0.15) is 0 Å². The van der Waals surface area contributed by atoms with E-state index in [1.165, 1.54) is 9.13 Å². The Morgan fingerprint density at radius 1 is 1.14 bits per heavy atom. The van der Waals surface area contributed by atoms with Gasteiger partial charge in [0.15, 0.2) is 0 Å². The van der Waals surface area contributed by atoms with Crippen molar-refractivity contribution in [1.29, 1.82) is 0 Å². The van der Waals surface area contributed by atoms with Crippen LogP contribution in [0.3, 0.4) is 0 Å². The molecule has 0 fully saturated rings. The smallest absolute Gasteiger partial charge is 0.0564 e. The molecule has 0 aliphatic carbocycles. The van der Waals surface area contributed by atoms with Gasteiger partial charge in [0, 0.05) is 16.0 Å². The maximum absolute atomic E-state index is 3.28. The van der Waals surface area contributed by atoms with Crippen LogP contribution in [0.25, 0.3) is 0 Å². The Balaban J connectivity index is 1.98. The first-order chi connectivity index (χ1) is 6.84. The maximum atomic E-state index is 3.28. The highest BCUT2D eigenvalue weighted by atomic mass is 127. The lowest BCUT2D eigenvalue weighted by atomic mass is 10.2. The molecular weight excluding hydrogens is 287 g/mol. The average Bonchev–Trinajstić information content (AvgIpc) is 2.67. The zero-order chi connectivity index (χ0) is 9.80. The first-order valence-electron chi connectivity index (χ1n) is 4.46. The first kappa shape index (κ1) is 9.58. The second-order valence-electron chi connectivity index (χ2n) is 3.06. The molecule has 2 rings (SSSR count). The second-order valence-corrected chi connectivity index (χ2v) is 4.30. The van der Waals surface area contributed by atoms with Gasteiger partial charge in [0.2, 0.25) is 0 Å². The minimum atomic E-state index is 0.853.